The molecule has 2 aromatic carbocycles. The molecule has 0 spiro atoms. The molecule has 0 aliphatic carbocycles. The van der Waals surface area contributed by atoms with Gasteiger partial charge in [0.15, 0.2) is 6.61 Å². The van der Waals surface area contributed by atoms with Crippen molar-refractivity contribution >= 4 is 23.5 Å². The first-order valence-corrected chi connectivity index (χ1v) is 10.3. The maximum absolute atomic E-state index is 12.7. The van der Waals surface area contributed by atoms with Gasteiger partial charge in [-0.05, 0) is 49.9 Å². The monoisotopic (exact) mass is 426 g/mol. The zero-order valence-corrected chi connectivity index (χ0v) is 18.7. The third-order valence-corrected chi connectivity index (χ3v) is 4.73. The fraction of sp³-hybridized carbons (Fsp3) is 0.375. The average molecular weight is 427 g/mol. The molecule has 7 heteroatoms. The van der Waals surface area contributed by atoms with Gasteiger partial charge in [0.25, 0.3) is 11.8 Å². The lowest BCUT2D eigenvalue weighted by Crippen LogP contribution is -2.46. The number of carbonyl (C=O) groups is 3. The minimum absolute atomic E-state index is 0.239. The second-order valence-corrected chi connectivity index (χ2v) is 7.55. The van der Waals surface area contributed by atoms with Crippen molar-refractivity contribution < 1.29 is 23.9 Å². The van der Waals surface area contributed by atoms with Gasteiger partial charge in [-0.25, -0.2) is 4.79 Å². The van der Waals surface area contributed by atoms with Crippen LogP contribution in [0.4, 0.5) is 5.69 Å². The van der Waals surface area contributed by atoms with E-state index < -0.39 is 30.4 Å². The Morgan fingerprint density at radius 1 is 0.968 bits per heavy atom. The summed E-state index contributed by atoms with van der Waals surface area (Å²) >= 11 is 0. The minimum atomic E-state index is -0.907. The normalized spacial score (nSPS) is 11.5. The quantitative estimate of drug-likeness (QED) is 0.597. The molecule has 0 saturated heterocycles. The van der Waals surface area contributed by atoms with Gasteiger partial charge in [-0.15, -0.1) is 0 Å². The molecule has 0 saturated carbocycles. The van der Waals surface area contributed by atoms with Gasteiger partial charge in [0.1, 0.15) is 11.8 Å². The van der Waals surface area contributed by atoms with Crippen LogP contribution in [0.2, 0.25) is 0 Å². The fourth-order valence-electron chi connectivity index (χ4n) is 3.07. The summed E-state index contributed by atoms with van der Waals surface area (Å²) in [6.07, 6.45) is 0. The van der Waals surface area contributed by atoms with Gasteiger partial charge in [-0.2, -0.15) is 0 Å². The first-order chi connectivity index (χ1) is 14.7. The molecule has 0 heterocycles. The van der Waals surface area contributed by atoms with Crippen molar-refractivity contribution in [2.45, 2.75) is 40.7 Å². The molecule has 0 aliphatic heterocycles. The molecular formula is C24H30N2O5. The standard InChI is InChI=1S/C24H30N2O5/c1-6-30-19-13-8-7-12-18(19)23(28)26-21(15(2)3)24(29)31-14-20(27)25-22-16(4)10-9-11-17(22)5/h7-13,15,21H,6,14H2,1-5H3,(H,25,27)(H,26,28)/t21-/m0/s1. The zero-order chi connectivity index (χ0) is 23.0. The summed E-state index contributed by atoms with van der Waals surface area (Å²) in [6.45, 7) is 9.15. The molecule has 0 radical (unpaired) electrons. The van der Waals surface area contributed by atoms with Crippen molar-refractivity contribution in [3.63, 3.8) is 0 Å². The van der Waals surface area contributed by atoms with Gasteiger partial charge in [0.05, 0.1) is 12.2 Å². The Morgan fingerprint density at radius 2 is 1.61 bits per heavy atom. The third kappa shape index (κ3) is 6.57. The highest BCUT2D eigenvalue weighted by Crippen LogP contribution is 2.20. The summed E-state index contributed by atoms with van der Waals surface area (Å²) < 4.78 is 10.7. The predicted octanol–water partition coefficient (Wildman–Crippen LogP) is 3.64. The van der Waals surface area contributed by atoms with Crippen molar-refractivity contribution in [3.05, 3.63) is 59.2 Å². The van der Waals surface area contributed by atoms with Gasteiger partial charge in [0.2, 0.25) is 0 Å². The van der Waals surface area contributed by atoms with E-state index in [0.717, 1.165) is 11.1 Å². The van der Waals surface area contributed by atoms with Crippen LogP contribution in [0.3, 0.4) is 0 Å². The van der Waals surface area contributed by atoms with E-state index in [1.165, 1.54) is 0 Å². The maximum Gasteiger partial charge on any atom is 0.329 e. The number of rotatable bonds is 9. The lowest BCUT2D eigenvalue weighted by molar-refractivity contribution is -0.150. The number of carbonyl (C=O) groups excluding carboxylic acids is 3. The van der Waals surface area contributed by atoms with E-state index in [2.05, 4.69) is 10.6 Å². The number of aryl methyl sites for hydroxylation is 2. The Hall–Kier alpha value is -3.35. The largest absolute Gasteiger partial charge is 0.493 e. The molecule has 2 aromatic rings. The van der Waals surface area contributed by atoms with E-state index in [4.69, 9.17) is 9.47 Å². The molecule has 0 bridgehead atoms. The second-order valence-electron chi connectivity index (χ2n) is 7.55. The molecule has 31 heavy (non-hydrogen) atoms. The highest BCUT2D eigenvalue weighted by molar-refractivity contribution is 5.99. The molecule has 0 aromatic heterocycles. The van der Waals surface area contributed by atoms with Gasteiger partial charge in [-0.3, -0.25) is 9.59 Å². The lowest BCUT2D eigenvalue weighted by atomic mass is 10.0. The average Bonchev–Trinajstić information content (AvgIpc) is 2.73. The van der Waals surface area contributed by atoms with Crippen LogP contribution in [0.1, 0.15) is 42.3 Å². The summed E-state index contributed by atoms with van der Waals surface area (Å²) in [5.41, 5.74) is 2.86. The Morgan fingerprint density at radius 3 is 2.23 bits per heavy atom. The summed E-state index contributed by atoms with van der Waals surface area (Å²) in [7, 11) is 0. The number of amides is 2. The third-order valence-electron chi connectivity index (χ3n) is 4.73. The molecule has 2 amide bonds. The second kappa shape index (κ2) is 11.2. The first-order valence-electron chi connectivity index (χ1n) is 10.3. The Labute approximate surface area is 183 Å². The topological polar surface area (TPSA) is 93.7 Å². The lowest BCUT2D eigenvalue weighted by Gasteiger charge is -2.21. The number of ether oxygens (including phenoxy) is 2. The van der Waals surface area contributed by atoms with Crippen LogP contribution in [0.5, 0.6) is 5.75 Å². The van der Waals surface area contributed by atoms with Crippen molar-refractivity contribution in [1.29, 1.82) is 0 Å². The van der Waals surface area contributed by atoms with Crippen LogP contribution >= 0.6 is 0 Å². The first kappa shape index (κ1) is 23.9. The number of nitrogens with one attached hydrogen (secondary N) is 2. The number of anilines is 1. The highest BCUT2D eigenvalue weighted by Gasteiger charge is 2.27. The van der Waals surface area contributed by atoms with Gasteiger partial charge < -0.3 is 20.1 Å². The van der Waals surface area contributed by atoms with Gasteiger partial charge >= 0.3 is 5.97 Å². The van der Waals surface area contributed by atoms with Crippen molar-refractivity contribution in [3.8, 4) is 5.75 Å². The molecule has 0 unspecified atom stereocenters. The number of hydrogen-bond donors (Lipinski definition) is 2. The molecule has 0 aliphatic rings. The Bertz CT molecular complexity index is 919. The molecular weight excluding hydrogens is 396 g/mol. The van der Waals surface area contributed by atoms with Crippen molar-refractivity contribution in [1.82, 2.24) is 5.32 Å². The molecule has 7 nitrogen and oxygen atoms in total. The van der Waals surface area contributed by atoms with E-state index in [1.54, 1.807) is 38.1 Å². The number of benzene rings is 2. The summed E-state index contributed by atoms with van der Waals surface area (Å²) in [5.74, 6) is -1.36. The van der Waals surface area contributed by atoms with E-state index in [1.807, 2.05) is 39.0 Å². The summed E-state index contributed by atoms with van der Waals surface area (Å²) in [5, 5.41) is 5.47. The number of esters is 1. The Balaban J connectivity index is 2.01. The fourth-order valence-corrected chi connectivity index (χ4v) is 3.07. The van der Waals surface area contributed by atoms with E-state index in [-0.39, 0.29) is 5.92 Å². The number of para-hydroxylation sites is 2. The molecule has 1 atom stereocenters. The van der Waals surface area contributed by atoms with Crippen LogP contribution in [0.15, 0.2) is 42.5 Å². The van der Waals surface area contributed by atoms with Crippen LogP contribution in [-0.4, -0.2) is 37.0 Å². The molecule has 2 rings (SSSR count). The van der Waals surface area contributed by atoms with Crippen molar-refractivity contribution in [2.75, 3.05) is 18.5 Å². The predicted molar refractivity (Wildman–Crippen MR) is 119 cm³/mol. The van der Waals surface area contributed by atoms with Crippen LogP contribution < -0.4 is 15.4 Å². The van der Waals surface area contributed by atoms with Crippen LogP contribution in [0.25, 0.3) is 0 Å². The maximum atomic E-state index is 12.7. The van der Waals surface area contributed by atoms with E-state index >= 15 is 0 Å². The SMILES string of the molecule is CCOc1ccccc1C(=O)N[C@H](C(=O)OCC(=O)Nc1c(C)cccc1C)C(C)C. The smallest absolute Gasteiger partial charge is 0.329 e. The molecule has 166 valence electrons. The van der Waals surface area contributed by atoms with Gasteiger partial charge in [-0.1, -0.05) is 44.2 Å². The van der Waals surface area contributed by atoms with Crippen molar-refractivity contribution in [2.24, 2.45) is 5.92 Å². The van der Waals surface area contributed by atoms with E-state index in [0.29, 0.717) is 23.6 Å². The minimum Gasteiger partial charge on any atom is -0.493 e. The van der Waals surface area contributed by atoms with Gasteiger partial charge in [0, 0.05) is 5.69 Å². The molecule has 2 N–H and O–H groups in total. The summed E-state index contributed by atoms with van der Waals surface area (Å²) in [6, 6.07) is 11.6. The Kier molecular flexibility index (Phi) is 8.61. The van der Waals surface area contributed by atoms with Crippen LogP contribution in [-0.2, 0) is 14.3 Å². The molecule has 0 fully saturated rings. The van der Waals surface area contributed by atoms with E-state index in [9.17, 15) is 14.4 Å². The van der Waals surface area contributed by atoms with Crippen LogP contribution in [0, 0.1) is 19.8 Å². The zero-order valence-electron chi connectivity index (χ0n) is 18.7. The summed E-state index contributed by atoms with van der Waals surface area (Å²) in [4.78, 5) is 37.6. The number of hydrogen-bond acceptors (Lipinski definition) is 5. The highest BCUT2D eigenvalue weighted by atomic mass is 16.5.